The van der Waals surface area contributed by atoms with Crippen LogP contribution in [0.15, 0.2) is 18.2 Å². The highest BCUT2D eigenvalue weighted by molar-refractivity contribution is 6.33. The average molecular weight is 200 g/mol. The summed E-state index contributed by atoms with van der Waals surface area (Å²) in [6, 6.07) is 7.58. The van der Waals surface area contributed by atoms with E-state index in [0.717, 1.165) is 5.56 Å². The Kier molecular flexibility index (Phi) is 3.28. The Labute approximate surface area is 81.7 Å². The second kappa shape index (κ2) is 4.25. The first kappa shape index (κ1) is 9.25. The van der Waals surface area contributed by atoms with Crippen LogP contribution in [0.5, 0.6) is 0 Å². The summed E-state index contributed by atoms with van der Waals surface area (Å²) < 4.78 is 0. The Morgan fingerprint density at radius 3 is 2.83 bits per heavy atom. The van der Waals surface area contributed by atoms with Crippen molar-refractivity contribution in [2.24, 2.45) is 0 Å². The van der Waals surface area contributed by atoms with E-state index in [4.69, 9.17) is 29.6 Å². The van der Waals surface area contributed by atoms with Crippen LogP contribution in [0.1, 0.15) is 5.56 Å². The van der Waals surface area contributed by atoms with Gasteiger partial charge >= 0.3 is 0 Å². The zero-order valence-electron chi connectivity index (χ0n) is 6.27. The molecule has 0 saturated carbocycles. The molecule has 0 aliphatic heterocycles. The Morgan fingerprint density at radius 1 is 1.42 bits per heavy atom. The van der Waals surface area contributed by atoms with Gasteiger partial charge in [0, 0.05) is 22.6 Å². The quantitative estimate of drug-likeness (QED) is 0.571. The number of halogens is 2. The molecule has 12 heavy (non-hydrogen) atoms. The van der Waals surface area contributed by atoms with E-state index in [9.17, 15) is 0 Å². The molecule has 1 aromatic rings. The van der Waals surface area contributed by atoms with Crippen LogP contribution in [0.25, 0.3) is 0 Å². The summed E-state index contributed by atoms with van der Waals surface area (Å²) in [4.78, 5) is 0. The van der Waals surface area contributed by atoms with Crippen LogP contribution in [-0.4, -0.2) is 0 Å². The van der Waals surface area contributed by atoms with Gasteiger partial charge in [0.2, 0.25) is 0 Å². The Bertz CT molecular complexity index is 315. The molecule has 0 radical (unpaired) electrons. The first-order valence-electron chi connectivity index (χ1n) is 3.36. The van der Waals surface area contributed by atoms with Crippen molar-refractivity contribution in [3.05, 3.63) is 33.8 Å². The fourth-order valence-corrected chi connectivity index (χ4v) is 1.20. The number of rotatable bonds is 2. The van der Waals surface area contributed by atoms with Gasteiger partial charge < -0.3 is 5.32 Å². The summed E-state index contributed by atoms with van der Waals surface area (Å²) in [6.45, 7) is 0.538. The summed E-state index contributed by atoms with van der Waals surface area (Å²) in [6.07, 6.45) is 5.03. The predicted molar refractivity (Wildman–Crippen MR) is 52.1 cm³/mol. The van der Waals surface area contributed by atoms with Crippen LogP contribution in [-0.2, 0) is 6.54 Å². The number of terminal acetylenes is 1. The van der Waals surface area contributed by atoms with Crippen molar-refractivity contribution in [2.45, 2.75) is 6.54 Å². The van der Waals surface area contributed by atoms with Crippen LogP contribution >= 0.6 is 23.2 Å². The van der Waals surface area contributed by atoms with Gasteiger partial charge in [-0.25, -0.2) is 0 Å². The lowest BCUT2D eigenvalue weighted by Gasteiger charge is -2.02. The highest BCUT2D eigenvalue weighted by Gasteiger charge is 1.99. The van der Waals surface area contributed by atoms with E-state index in [-0.39, 0.29) is 0 Å². The minimum atomic E-state index is 0.538. The first-order valence-corrected chi connectivity index (χ1v) is 4.12. The van der Waals surface area contributed by atoms with Gasteiger partial charge in [0.05, 0.1) is 0 Å². The van der Waals surface area contributed by atoms with Gasteiger partial charge in [-0.2, -0.15) is 0 Å². The molecule has 0 spiro atoms. The maximum atomic E-state index is 5.86. The molecule has 0 heterocycles. The normalized spacial score (nSPS) is 9.08. The lowest BCUT2D eigenvalue weighted by molar-refractivity contribution is 0.901. The zero-order chi connectivity index (χ0) is 8.97. The Morgan fingerprint density at radius 2 is 2.17 bits per heavy atom. The van der Waals surface area contributed by atoms with E-state index in [2.05, 4.69) is 11.4 Å². The van der Waals surface area contributed by atoms with Crippen LogP contribution < -0.4 is 5.32 Å². The number of benzene rings is 1. The standard InChI is InChI=1S/C9H7Cl2N/c1-2-12-6-7-5-8(10)3-4-9(7)11/h1,3-5,12H,6H2. The van der Waals surface area contributed by atoms with Crippen molar-refractivity contribution < 1.29 is 0 Å². The summed E-state index contributed by atoms with van der Waals surface area (Å²) in [5.74, 6) is 0. The molecule has 0 fully saturated rings. The molecular formula is C9H7Cl2N. The third kappa shape index (κ3) is 2.34. The van der Waals surface area contributed by atoms with E-state index >= 15 is 0 Å². The maximum absolute atomic E-state index is 5.86. The number of hydrogen-bond acceptors (Lipinski definition) is 1. The van der Waals surface area contributed by atoms with Crippen molar-refractivity contribution in [3.63, 3.8) is 0 Å². The topological polar surface area (TPSA) is 12.0 Å². The molecule has 0 aliphatic carbocycles. The van der Waals surface area contributed by atoms with E-state index in [0.29, 0.717) is 16.6 Å². The first-order chi connectivity index (χ1) is 5.74. The zero-order valence-corrected chi connectivity index (χ0v) is 7.78. The molecule has 0 unspecified atom stereocenters. The van der Waals surface area contributed by atoms with Crippen LogP contribution in [0.3, 0.4) is 0 Å². The molecule has 1 N–H and O–H groups in total. The molecule has 62 valence electrons. The second-order valence-corrected chi connectivity index (χ2v) is 3.08. The van der Waals surface area contributed by atoms with E-state index in [1.807, 2.05) is 0 Å². The van der Waals surface area contributed by atoms with Crippen molar-refractivity contribution >= 4 is 23.2 Å². The molecule has 0 aromatic heterocycles. The number of nitrogens with one attached hydrogen (secondary N) is 1. The van der Waals surface area contributed by atoms with Gasteiger partial charge in [0.25, 0.3) is 0 Å². The second-order valence-electron chi connectivity index (χ2n) is 2.23. The third-order valence-corrected chi connectivity index (χ3v) is 1.99. The van der Waals surface area contributed by atoms with Gasteiger partial charge in [-0.05, 0) is 23.8 Å². The molecule has 1 aromatic carbocycles. The summed E-state index contributed by atoms with van der Waals surface area (Å²) in [5, 5.41) is 4.05. The van der Waals surface area contributed by atoms with Crippen LogP contribution in [0.4, 0.5) is 0 Å². The van der Waals surface area contributed by atoms with E-state index in [1.165, 1.54) is 0 Å². The molecular weight excluding hydrogens is 193 g/mol. The van der Waals surface area contributed by atoms with Crippen LogP contribution in [0, 0.1) is 12.5 Å². The lowest BCUT2D eigenvalue weighted by Crippen LogP contribution is -2.04. The van der Waals surface area contributed by atoms with Gasteiger partial charge in [-0.15, -0.1) is 0 Å². The van der Waals surface area contributed by atoms with E-state index < -0.39 is 0 Å². The van der Waals surface area contributed by atoms with Crippen molar-refractivity contribution in [1.29, 1.82) is 0 Å². The van der Waals surface area contributed by atoms with Crippen LogP contribution in [0.2, 0.25) is 10.0 Å². The Hall–Kier alpha value is -0.840. The molecule has 0 bridgehead atoms. The smallest absolute Gasteiger partial charge is 0.0495 e. The predicted octanol–water partition coefficient (Wildman–Crippen LogP) is 2.67. The minimum Gasteiger partial charge on any atom is -0.342 e. The van der Waals surface area contributed by atoms with Gasteiger partial charge in [0.1, 0.15) is 0 Å². The monoisotopic (exact) mass is 199 g/mol. The third-order valence-electron chi connectivity index (χ3n) is 1.39. The van der Waals surface area contributed by atoms with E-state index in [1.54, 1.807) is 18.2 Å². The summed E-state index contributed by atoms with van der Waals surface area (Å²) in [7, 11) is 0. The highest BCUT2D eigenvalue weighted by Crippen LogP contribution is 2.20. The van der Waals surface area contributed by atoms with Gasteiger partial charge in [-0.1, -0.05) is 29.6 Å². The Balaban J connectivity index is 2.84. The fraction of sp³-hybridized carbons (Fsp3) is 0.111. The van der Waals surface area contributed by atoms with Crippen molar-refractivity contribution in [1.82, 2.24) is 5.32 Å². The molecule has 0 saturated heterocycles. The molecule has 1 rings (SSSR count). The summed E-state index contributed by atoms with van der Waals surface area (Å²) in [5.41, 5.74) is 0.905. The largest absolute Gasteiger partial charge is 0.342 e. The maximum Gasteiger partial charge on any atom is 0.0495 e. The molecule has 1 nitrogen and oxygen atoms in total. The minimum absolute atomic E-state index is 0.538. The van der Waals surface area contributed by atoms with Crippen molar-refractivity contribution in [2.75, 3.05) is 0 Å². The molecule has 3 heteroatoms. The average Bonchev–Trinajstić information content (AvgIpc) is 2.07. The number of hydrogen-bond donors (Lipinski definition) is 1. The molecule has 0 amide bonds. The van der Waals surface area contributed by atoms with Crippen molar-refractivity contribution in [3.8, 4) is 12.5 Å². The lowest BCUT2D eigenvalue weighted by atomic mass is 10.2. The van der Waals surface area contributed by atoms with Gasteiger partial charge in [0.15, 0.2) is 0 Å². The molecule has 0 aliphatic rings. The highest BCUT2D eigenvalue weighted by atomic mass is 35.5. The molecule has 0 atom stereocenters. The van der Waals surface area contributed by atoms with Gasteiger partial charge in [-0.3, -0.25) is 0 Å². The fourth-order valence-electron chi connectivity index (χ4n) is 0.825. The SMILES string of the molecule is C#CNCc1cc(Cl)ccc1Cl. The summed E-state index contributed by atoms with van der Waals surface area (Å²) >= 11 is 11.6.